The Bertz CT molecular complexity index is 1050. The smallest absolute Gasteiger partial charge is 0.293 e. The van der Waals surface area contributed by atoms with Crippen molar-refractivity contribution >= 4 is 46.0 Å². The maximum atomic E-state index is 12.7. The summed E-state index contributed by atoms with van der Waals surface area (Å²) in [6.07, 6.45) is 6.84. The van der Waals surface area contributed by atoms with Gasteiger partial charge in [0.05, 0.1) is 4.92 Å². The first-order valence-corrected chi connectivity index (χ1v) is 12.4. The van der Waals surface area contributed by atoms with Gasteiger partial charge in [-0.2, -0.15) is 0 Å². The maximum Gasteiger partial charge on any atom is 0.293 e. The fourth-order valence-corrected chi connectivity index (χ4v) is 4.98. The Labute approximate surface area is 205 Å². The molecule has 8 nitrogen and oxygen atoms in total. The van der Waals surface area contributed by atoms with Crippen LogP contribution in [0.1, 0.15) is 55.8 Å². The number of thiocarbonyl (C=S) groups is 1. The van der Waals surface area contributed by atoms with Crippen molar-refractivity contribution in [2.45, 2.75) is 51.5 Å². The van der Waals surface area contributed by atoms with E-state index in [0.29, 0.717) is 11.7 Å². The van der Waals surface area contributed by atoms with Gasteiger partial charge in [0.15, 0.2) is 5.11 Å². The summed E-state index contributed by atoms with van der Waals surface area (Å²) in [5, 5.41) is 17.5. The largest absolute Gasteiger partial charge is 0.369 e. The molecule has 1 atom stereocenters. The summed E-state index contributed by atoms with van der Waals surface area (Å²) in [4.78, 5) is 28.4. The van der Waals surface area contributed by atoms with E-state index < -0.39 is 10.8 Å². The molecule has 2 aromatic carbocycles. The number of piperidine rings is 2. The molecule has 0 spiro atoms. The Morgan fingerprint density at radius 1 is 1.03 bits per heavy atom. The second-order valence-electron chi connectivity index (χ2n) is 9.00. The first-order chi connectivity index (χ1) is 16.4. The predicted molar refractivity (Wildman–Crippen MR) is 140 cm³/mol. The maximum absolute atomic E-state index is 12.7. The zero-order valence-electron chi connectivity index (χ0n) is 19.5. The minimum Gasteiger partial charge on any atom is -0.369 e. The molecule has 2 aliphatic rings. The van der Waals surface area contributed by atoms with Gasteiger partial charge in [0.25, 0.3) is 11.6 Å². The summed E-state index contributed by atoms with van der Waals surface area (Å²) >= 11 is 5.31. The van der Waals surface area contributed by atoms with Gasteiger partial charge in [0, 0.05) is 48.7 Å². The van der Waals surface area contributed by atoms with E-state index in [1.165, 1.54) is 31.0 Å². The van der Waals surface area contributed by atoms with Gasteiger partial charge in [0.1, 0.15) is 5.69 Å². The predicted octanol–water partition coefficient (Wildman–Crippen LogP) is 5.09. The molecule has 4 rings (SSSR count). The van der Waals surface area contributed by atoms with Crippen LogP contribution in [0.25, 0.3) is 0 Å². The van der Waals surface area contributed by atoms with Crippen LogP contribution in [0.2, 0.25) is 0 Å². The van der Waals surface area contributed by atoms with Gasteiger partial charge in [-0.3, -0.25) is 20.2 Å². The Morgan fingerprint density at radius 2 is 1.74 bits per heavy atom. The van der Waals surface area contributed by atoms with Crippen molar-refractivity contribution in [3.8, 4) is 0 Å². The summed E-state index contributed by atoms with van der Waals surface area (Å²) in [5.74, 6) is -0.482. The number of amides is 1. The Balaban J connectivity index is 1.39. The van der Waals surface area contributed by atoms with Crippen molar-refractivity contribution in [3.63, 3.8) is 0 Å². The highest BCUT2D eigenvalue weighted by Gasteiger charge is 2.23. The Kier molecular flexibility index (Phi) is 7.62. The van der Waals surface area contributed by atoms with E-state index in [1.54, 1.807) is 12.1 Å². The monoisotopic (exact) mass is 481 g/mol. The van der Waals surface area contributed by atoms with Crippen molar-refractivity contribution in [1.29, 1.82) is 0 Å². The molecule has 0 saturated carbocycles. The Hall–Kier alpha value is -3.20. The molecular formula is C25H31N5O3S. The molecule has 0 aromatic heterocycles. The zero-order valence-corrected chi connectivity index (χ0v) is 20.3. The van der Waals surface area contributed by atoms with E-state index in [0.717, 1.165) is 44.6 Å². The minimum atomic E-state index is -0.482. The van der Waals surface area contributed by atoms with Crippen molar-refractivity contribution in [1.82, 2.24) is 5.32 Å². The third kappa shape index (κ3) is 5.64. The fourth-order valence-electron chi connectivity index (χ4n) is 4.77. The number of nitrogens with one attached hydrogen (secondary N) is 2. The van der Waals surface area contributed by atoms with Crippen LogP contribution in [0.3, 0.4) is 0 Å². The lowest BCUT2D eigenvalue weighted by molar-refractivity contribution is -0.384. The highest BCUT2D eigenvalue weighted by molar-refractivity contribution is 7.80. The molecule has 2 saturated heterocycles. The van der Waals surface area contributed by atoms with Crippen LogP contribution in [0.15, 0.2) is 42.5 Å². The average Bonchev–Trinajstić information content (AvgIpc) is 2.85. The molecule has 2 heterocycles. The molecular weight excluding hydrogens is 450 g/mol. The normalized spacial score (nSPS) is 18.3. The summed E-state index contributed by atoms with van der Waals surface area (Å²) in [5.41, 5.74) is 2.64. The lowest BCUT2D eigenvalue weighted by Crippen LogP contribution is -2.37. The van der Waals surface area contributed by atoms with Crippen LogP contribution in [0.5, 0.6) is 0 Å². The molecule has 1 amide bonds. The van der Waals surface area contributed by atoms with Crippen LogP contribution in [-0.2, 0) is 0 Å². The Morgan fingerprint density at radius 3 is 2.41 bits per heavy atom. The number of rotatable bonds is 5. The first kappa shape index (κ1) is 23.9. The first-order valence-electron chi connectivity index (χ1n) is 11.9. The topological polar surface area (TPSA) is 90.8 Å². The van der Waals surface area contributed by atoms with Crippen LogP contribution < -0.4 is 20.4 Å². The number of benzene rings is 2. The fraction of sp³-hybridized carbons (Fsp3) is 0.440. The number of anilines is 3. The van der Waals surface area contributed by atoms with Crippen molar-refractivity contribution in [2.24, 2.45) is 0 Å². The summed E-state index contributed by atoms with van der Waals surface area (Å²) in [6.45, 7) is 4.89. The van der Waals surface area contributed by atoms with Gasteiger partial charge in [-0.05, 0) is 94.1 Å². The van der Waals surface area contributed by atoms with Crippen LogP contribution in [0.4, 0.5) is 22.7 Å². The van der Waals surface area contributed by atoms with Gasteiger partial charge < -0.3 is 15.1 Å². The second-order valence-corrected chi connectivity index (χ2v) is 9.41. The van der Waals surface area contributed by atoms with E-state index in [4.69, 9.17) is 12.2 Å². The van der Waals surface area contributed by atoms with Crippen molar-refractivity contribution < 1.29 is 9.72 Å². The van der Waals surface area contributed by atoms with Crippen molar-refractivity contribution in [2.75, 3.05) is 34.8 Å². The van der Waals surface area contributed by atoms with E-state index in [9.17, 15) is 14.9 Å². The molecule has 0 unspecified atom stereocenters. The van der Waals surface area contributed by atoms with E-state index >= 15 is 0 Å². The van der Waals surface area contributed by atoms with Crippen molar-refractivity contribution in [3.05, 3.63) is 58.1 Å². The number of carbonyl (C=O) groups excluding carboxylic acids is 1. The molecule has 9 heteroatoms. The molecule has 34 heavy (non-hydrogen) atoms. The zero-order chi connectivity index (χ0) is 24.1. The van der Waals surface area contributed by atoms with Gasteiger partial charge in [0.2, 0.25) is 0 Å². The van der Waals surface area contributed by atoms with Crippen LogP contribution >= 0.6 is 12.2 Å². The van der Waals surface area contributed by atoms with Crippen LogP contribution in [-0.4, -0.2) is 41.6 Å². The molecule has 2 aliphatic heterocycles. The summed E-state index contributed by atoms with van der Waals surface area (Å²) in [7, 11) is 0. The molecule has 2 aromatic rings. The molecule has 0 radical (unpaired) electrons. The number of nitro groups is 1. The third-order valence-corrected chi connectivity index (χ3v) is 6.82. The van der Waals surface area contributed by atoms with Gasteiger partial charge in [-0.1, -0.05) is 0 Å². The number of hydrogen-bond donors (Lipinski definition) is 2. The lowest BCUT2D eigenvalue weighted by Gasteiger charge is -2.35. The third-order valence-electron chi connectivity index (χ3n) is 6.62. The number of carbonyl (C=O) groups is 1. The summed E-state index contributed by atoms with van der Waals surface area (Å²) < 4.78 is 0. The second kappa shape index (κ2) is 10.8. The number of nitro benzene ring substituents is 1. The number of hydrogen-bond acceptors (Lipinski definition) is 6. The van der Waals surface area contributed by atoms with Gasteiger partial charge in [-0.15, -0.1) is 0 Å². The van der Waals surface area contributed by atoms with E-state index in [1.807, 2.05) is 17.0 Å². The average molecular weight is 482 g/mol. The van der Waals surface area contributed by atoms with Gasteiger partial charge in [-0.25, -0.2) is 0 Å². The van der Waals surface area contributed by atoms with Gasteiger partial charge >= 0.3 is 0 Å². The molecule has 0 bridgehead atoms. The highest BCUT2D eigenvalue weighted by Crippen LogP contribution is 2.31. The summed E-state index contributed by atoms with van der Waals surface area (Å²) in [6, 6.07) is 13.1. The molecule has 0 aliphatic carbocycles. The molecule has 2 fully saturated rings. The highest BCUT2D eigenvalue weighted by atomic mass is 32.1. The van der Waals surface area contributed by atoms with E-state index in [2.05, 4.69) is 34.6 Å². The standard InChI is InChI=1S/C25H31N5O3S/c1-18-7-3-6-16-29(18)21-11-9-20(10-12-21)26-25(34)27-24(31)19-8-13-22(23(17-19)30(32)33)28-14-4-2-5-15-28/h8-13,17-18H,2-7,14-16H2,1H3,(H2,26,27,31,34)/t18-/m1/s1. The molecule has 180 valence electrons. The SMILES string of the molecule is C[C@@H]1CCCCN1c1ccc(NC(=S)NC(=O)c2ccc(N3CCCCC3)c([N+](=O)[O-])c2)cc1. The van der Waals surface area contributed by atoms with E-state index in [-0.39, 0.29) is 16.4 Å². The molecule has 2 N–H and O–H groups in total. The number of nitrogens with zero attached hydrogens (tertiary/aromatic N) is 3. The minimum absolute atomic E-state index is 0.0593. The lowest BCUT2D eigenvalue weighted by atomic mass is 10.0. The quantitative estimate of drug-likeness (QED) is 0.349. The van der Waals surface area contributed by atoms with Crippen LogP contribution in [0, 0.1) is 10.1 Å².